The van der Waals surface area contributed by atoms with Crippen molar-refractivity contribution in [2.45, 2.75) is 5.92 Å². The van der Waals surface area contributed by atoms with Crippen LogP contribution in [0.5, 0.6) is 0 Å². The van der Waals surface area contributed by atoms with Crippen molar-refractivity contribution < 1.29 is 28.6 Å². The van der Waals surface area contributed by atoms with E-state index in [9.17, 15) is 18.4 Å². The van der Waals surface area contributed by atoms with Crippen LogP contribution < -0.4 is 5.32 Å². The first-order valence-electron chi connectivity index (χ1n) is 7.29. The van der Waals surface area contributed by atoms with Gasteiger partial charge in [-0.15, -0.1) is 0 Å². The summed E-state index contributed by atoms with van der Waals surface area (Å²) in [7, 11) is 0. The van der Waals surface area contributed by atoms with Crippen LogP contribution in [0.2, 0.25) is 0 Å². The number of hydrogen-bond donors (Lipinski definition) is 3. The van der Waals surface area contributed by atoms with E-state index in [0.29, 0.717) is 17.2 Å². The normalized spacial score (nSPS) is 11.4. The maximum atomic E-state index is 13.1. The predicted molar refractivity (Wildman–Crippen MR) is 86.0 cm³/mol. The van der Waals surface area contributed by atoms with Gasteiger partial charge in [0.1, 0.15) is 11.6 Å². The van der Waals surface area contributed by atoms with E-state index in [1.165, 1.54) is 24.3 Å². The number of nitrogens with one attached hydrogen (secondary N) is 1. The Morgan fingerprint density at radius 3 is 1.76 bits per heavy atom. The van der Waals surface area contributed by atoms with E-state index < -0.39 is 35.2 Å². The zero-order valence-electron chi connectivity index (χ0n) is 12.9. The maximum absolute atomic E-state index is 13.1. The van der Waals surface area contributed by atoms with Crippen LogP contribution in [0.1, 0.15) is 17.0 Å². The van der Waals surface area contributed by atoms with Crippen LogP contribution in [0.25, 0.3) is 0 Å². The molecule has 0 radical (unpaired) electrons. The molecule has 5 nitrogen and oxygen atoms in total. The third-order valence-electron chi connectivity index (χ3n) is 3.51. The molecule has 2 rings (SSSR count). The Balaban J connectivity index is 2.22. The highest BCUT2D eigenvalue weighted by Crippen LogP contribution is 2.24. The molecule has 2 aromatic rings. The minimum absolute atomic E-state index is 0.0412. The first-order valence-corrected chi connectivity index (χ1v) is 7.29. The topological polar surface area (TPSA) is 86.6 Å². The number of carbonyl (C=O) groups excluding carboxylic acids is 1. The molecule has 0 saturated heterocycles. The van der Waals surface area contributed by atoms with Crippen molar-refractivity contribution in [1.82, 2.24) is 5.32 Å². The molecule has 1 amide bonds. The average Bonchev–Trinajstić information content (AvgIpc) is 2.58. The van der Waals surface area contributed by atoms with Crippen molar-refractivity contribution in [3.63, 3.8) is 0 Å². The van der Waals surface area contributed by atoms with E-state index >= 15 is 0 Å². The van der Waals surface area contributed by atoms with Crippen molar-refractivity contribution in [2.75, 3.05) is 6.54 Å². The van der Waals surface area contributed by atoms with Crippen LogP contribution >= 0.6 is 0 Å². The van der Waals surface area contributed by atoms with Crippen molar-refractivity contribution in [1.29, 1.82) is 0 Å². The molecule has 0 fully saturated rings. The second kappa shape index (κ2) is 8.05. The van der Waals surface area contributed by atoms with Crippen LogP contribution in [0.4, 0.5) is 8.78 Å². The number of aliphatic hydroxyl groups excluding tert-OH is 1. The molecule has 130 valence electrons. The average molecular weight is 347 g/mol. The molecule has 25 heavy (non-hydrogen) atoms. The van der Waals surface area contributed by atoms with Crippen LogP contribution in [0.3, 0.4) is 0 Å². The number of rotatable bonds is 6. The quantitative estimate of drug-likeness (QED) is 0.554. The van der Waals surface area contributed by atoms with E-state index in [2.05, 4.69) is 5.32 Å². The Labute approximate surface area is 142 Å². The van der Waals surface area contributed by atoms with Crippen molar-refractivity contribution >= 4 is 11.9 Å². The van der Waals surface area contributed by atoms with Gasteiger partial charge in [-0.1, -0.05) is 24.3 Å². The van der Waals surface area contributed by atoms with Crippen molar-refractivity contribution in [3.05, 3.63) is 83.1 Å². The Kier molecular flexibility index (Phi) is 5.84. The SMILES string of the molecule is O=C(/C=C(\O)C(=O)O)NCC(c1ccc(F)cc1)c1ccc(F)cc1. The number of carboxylic acid groups (broad SMARTS) is 1. The van der Waals surface area contributed by atoms with Gasteiger partial charge in [0.25, 0.3) is 0 Å². The lowest BCUT2D eigenvalue weighted by atomic mass is 9.91. The number of aliphatic carboxylic acids is 1. The molecule has 0 saturated carbocycles. The van der Waals surface area contributed by atoms with Gasteiger partial charge in [0.05, 0.1) is 6.08 Å². The third-order valence-corrected chi connectivity index (χ3v) is 3.51. The maximum Gasteiger partial charge on any atom is 0.371 e. The molecule has 0 spiro atoms. The molecular weight excluding hydrogens is 332 g/mol. The lowest BCUT2D eigenvalue weighted by molar-refractivity contribution is -0.136. The third kappa shape index (κ3) is 5.13. The smallest absolute Gasteiger partial charge is 0.371 e. The van der Waals surface area contributed by atoms with Gasteiger partial charge in [-0.25, -0.2) is 13.6 Å². The van der Waals surface area contributed by atoms with E-state index in [-0.39, 0.29) is 6.54 Å². The molecule has 0 aliphatic rings. The number of halogens is 2. The summed E-state index contributed by atoms with van der Waals surface area (Å²) in [6, 6.07) is 11.2. The monoisotopic (exact) mass is 347 g/mol. The Morgan fingerprint density at radius 1 is 0.920 bits per heavy atom. The van der Waals surface area contributed by atoms with Gasteiger partial charge in [0, 0.05) is 12.5 Å². The standard InChI is InChI=1S/C18H15F2NO4/c19-13-5-1-11(2-6-13)15(12-3-7-14(20)8-4-12)10-21-17(23)9-16(22)18(24)25/h1-9,15,22H,10H2,(H,21,23)(H,24,25)/b16-9-. The highest BCUT2D eigenvalue weighted by molar-refractivity contribution is 5.96. The summed E-state index contributed by atoms with van der Waals surface area (Å²) in [4.78, 5) is 22.2. The summed E-state index contributed by atoms with van der Waals surface area (Å²) in [5.41, 5.74) is 1.36. The largest absolute Gasteiger partial charge is 0.502 e. The Bertz CT molecular complexity index is 740. The summed E-state index contributed by atoms with van der Waals surface area (Å²) >= 11 is 0. The number of hydrogen-bond acceptors (Lipinski definition) is 3. The van der Waals surface area contributed by atoms with E-state index in [1.54, 1.807) is 24.3 Å². The zero-order valence-corrected chi connectivity index (χ0v) is 12.9. The lowest BCUT2D eigenvalue weighted by Gasteiger charge is -2.18. The molecule has 0 atom stereocenters. The Hall–Kier alpha value is -3.22. The number of benzene rings is 2. The molecular formula is C18H15F2NO4. The fourth-order valence-corrected chi connectivity index (χ4v) is 2.26. The minimum Gasteiger partial charge on any atom is -0.502 e. The number of amides is 1. The number of carboxylic acids is 1. The minimum atomic E-state index is -1.62. The highest BCUT2D eigenvalue weighted by atomic mass is 19.1. The molecule has 0 unspecified atom stereocenters. The van der Waals surface area contributed by atoms with Gasteiger partial charge in [0.15, 0.2) is 0 Å². The lowest BCUT2D eigenvalue weighted by Crippen LogP contribution is -2.28. The first kappa shape index (κ1) is 18.1. The van der Waals surface area contributed by atoms with Crippen LogP contribution in [-0.4, -0.2) is 28.6 Å². The predicted octanol–water partition coefficient (Wildman–Crippen LogP) is 2.74. The molecule has 0 aliphatic heterocycles. The second-order valence-corrected chi connectivity index (χ2v) is 5.24. The molecule has 0 heterocycles. The van der Waals surface area contributed by atoms with Gasteiger partial charge >= 0.3 is 5.97 Å². The molecule has 0 bridgehead atoms. The van der Waals surface area contributed by atoms with E-state index in [0.717, 1.165) is 0 Å². The fraction of sp³-hybridized carbons (Fsp3) is 0.111. The fourth-order valence-electron chi connectivity index (χ4n) is 2.26. The number of aliphatic hydroxyl groups is 1. The first-order chi connectivity index (χ1) is 11.9. The van der Waals surface area contributed by atoms with Gasteiger partial charge < -0.3 is 15.5 Å². The Morgan fingerprint density at radius 2 is 1.36 bits per heavy atom. The van der Waals surface area contributed by atoms with E-state index in [1.807, 2.05) is 0 Å². The van der Waals surface area contributed by atoms with Gasteiger partial charge in [-0.2, -0.15) is 0 Å². The van der Waals surface area contributed by atoms with Crippen molar-refractivity contribution in [3.8, 4) is 0 Å². The highest BCUT2D eigenvalue weighted by Gasteiger charge is 2.16. The summed E-state index contributed by atoms with van der Waals surface area (Å²) in [6.45, 7) is 0.0412. The summed E-state index contributed by atoms with van der Waals surface area (Å²) < 4.78 is 26.3. The van der Waals surface area contributed by atoms with Gasteiger partial charge in [-0.3, -0.25) is 4.79 Å². The van der Waals surface area contributed by atoms with E-state index in [4.69, 9.17) is 10.2 Å². The van der Waals surface area contributed by atoms with Crippen LogP contribution in [0, 0.1) is 11.6 Å². The van der Waals surface area contributed by atoms with Crippen LogP contribution in [0.15, 0.2) is 60.4 Å². The number of carbonyl (C=O) groups is 2. The molecule has 0 aromatic heterocycles. The second-order valence-electron chi connectivity index (χ2n) is 5.24. The molecule has 7 heteroatoms. The molecule has 0 aliphatic carbocycles. The summed E-state index contributed by atoms with van der Waals surface area (Å²) in [5, 5.41) is 20.1. The van der Waals surface area contributed by atoms with Crippen molar-refractivity contribution in [2.24, 2.45) is 0 Å². The zero-order chi connectivity index (χ0) is 18.4. The summed E-state index contributed by atoms with van der Waals surface area (Å²) in [6.07, 6.45) is 0.550. The van der Waals surface area contributed by atoms with Gasteiger partial charge in [0.2, 0.25) is 11.7 Å². The molecule has 3 N–H and O–H groups in total. The molecule has 2 aromatic carbocycles. The van der Waals surface area contributed by atoms with Crippen LogP contribution in [-0.2, 0) is 9.59 Å². The summed E-state index contributed by atoms with van der Waals surface area (Å²) in [5.74, 6) is -4.75. The van der Waals surface area contributed by atoms with Gasteiger partial charge in [-0.05, 0) is 35.4 Å².